The number of aromatic nitrogens is 2. The van der Waals surface area contributed by atoms with Crippen molar-refractivity contribution < 1.29 is 24.2 Å². The van der Waals surface area contributed by atoms with Gasteiger partial charge in [0.2, 0.25) is 5.91 Å². The second kappa shape index (κ2) is 13.9. The Balaban J connectivity index is 1.18. The number of aliphatic carboxylic acids is 1. The highest BCUT2D eigenvalue weighted by molar-refractivity contribution is 5.77. The standard InChI is InChI=1S/C44H69N3O5/c1-29(2)30-13-18-44(25-35(48)46-21-10-23-47-24-22-45-28-47)20-19-42(8)31(38(30)44)11-12-33-41(7)16-15-34(40(5,6)32(41)14-17-43(33,42)9)52-37(51)27-39(3,4)26-36(49)50/h22,24,28,30-34,38H,1,10-21,23,25-27H2,2-9H3,(H,46,48)(H,49,50)/t30-,31+,32?,33?,34-,38+,41-,42+,43+,44+/m0/s1. The minimum absolute atomic E-state index is 0.0489. The van der Waals surface area contributed by atoms with E-state index >= 15 is 0 Å². The van der Waals surface area contributed by atoms with Gasteiger partial charge in [0.1, 0.15) is 6.10 Å². The predicted molar refractivity (Wildman–Crippen MR) is 204 cm³/mol. The minimum Gasteiger partial charge on any atom is -0.481 e. The molecule has 290 valence electrons. The van der Waals surface area contributed by atoms with Crippen LogP contribution in [0.2, 0.25) is 0 Å². The molecule has 6 rings (SSSR count). The summed E-state index contributed by atoms with van der Waals surface area (Å²) in [7, 11) is 0. The van der Waals surface area contributed by atoms with Crippen LogP contribution < -0.4 is 5.32 Å². The first-order valence-electron chi connectivity index (χ1n) is 20.6. The summed E-state index contributed by atoms with van der Waals surface area (Å²) in [5.74, 6) is 1.69. The first kappa shape index (κ1) is 39.1. The number of allylic oxidation sites excluding steroid dienone is 1. The van der Waals surface area contributed by atoms with Crippen molar-refractivity contribution in [1.29, 1.82) is 0 Å². The first-order chi connectivity index (χ1) is 24.3. The van der Waals surface area contributed by atoms with Gasteiger partial charge in [-0.3, -0.25) is 14.4 Å². The van der Waals surface area contributed by atoms with Crippen LogP contribution in [0.1, 0.15) is 145 Å². The fourth-order valence-corrected chi connectivity index (χ4v) is 14.1. The van der Waals surface area contributed by atoms with E-state index in [2.05, 4.69) is 63.0 Å². The Kier molecular flexibility index (Phi) is 10.4. The Morgan fingerprint density at radius 3 is 2.37 bits per heavy atom. The summed E-state index contributed by atoms with van der Waals surface area (Å²) in [6, 6.07) is 0. The largest absolute Gasteiger partial charge is 0.481 e. The van der Waals surface area contributed by atoms with Gasteiger partial charge in [-0.15, -0.1) is 0 Å². The quantitative estimate of drug-likeness (QED) is 0.127. The van der Waals surface area contributed by atoms with Crippen LogP contribution in [0.25, 0.3) is 0 Å². The smallest absolute Gasteiger partial charge is 0.306 e. The van der Waals surface area contributed by atoms with Crippen molar-refractivity contribution in [1.82, 2.24) is 14.9 Å². The molecule has 1 aromatic heterocycles. The van der Waals surface area contributed by atoms with Crippen LogP contribution in [-0.4, -0.2) is 45.2 Å². The SMILES string of the molecule is C=C(C)[C@@H]1CC[C@]2(CC(=O)NCCCn3ccnc3)CC[C@]3(C)[C@H](CCC4[C@@]5(C)CC[C@H](OC(=O)CC(C)(C)CC(=O)O)C(C)(C)C5CC[C@]43C)[C@@H]12. The van der Waals surface area contributed by atoms with Crippen LogP contribution in [0.5, 0.6) is 0 Å². The molecule has 5 saturated carbocycles. The molecule has 5 fully saturated rings. The number of imidazole rings is 1. The number of nitrogens with one attached hydrogen (secondary N) is 1. The summed E-state index contributed by atoms with van der Waals surface area (Å²) in [6.45, 7) is 24.6. The van der Waals surface area contributed by atoms with Crippen LogP contribution in [0.4, 0.5) is 0 Å². The van der Waals surface area contributed by atoms with Crippen LogP contribution >= 0.6 is 0 Å². The maximum atomic E-state index is 13.7. The van der Waals surface area contributed by atoms with Crippen molar-refractivity contribution in [3.63, 3.8) is 0 Å². The van der Waals surface area contributed by atoms with Gasteiger partial charge in [-0.1, -0.05) is 60.6 Å². The van der Waals surface area contributed by atoms with Gasteiger partial charge >= 0.3 is 11.9 Å². The van der Waals surface area contributed by atoms with Gasteiger partial charge in [0.25, 0.3) is 0 Å². The van der Waals surface area contributed by atoms with Crippen LogP contribution in [0.15, 0.2) is 30.9 Å². The Hall–Kier alpha value is -2.64. The molecule has 1 amide bonds. The zero-order valence-electron chi connectivity index (χ0n) is 33.7. The lowest BCUT2D eigenvalue weighted by Gasteiger charge is -2.73. The normalized spacial score (nSPS) is 39.3. The lowest BCUT2D eigenvalue weighted by atomic mass is 9.32. The summed E-state index contributed by atoms with van der Waals surface area (Å²) >= 11 is 0. The highest BCUT2D eigenvalue weighted by atomic mass is 16.5. The fourth-order valence-electron chi connectivity index (χ4n) is 14.1. The zero-order valence-corrected chi connectivity index (χ0v) is 33.7. The Morgan fingerprint density at radius 1 is 0.942 bits per heavy atom. The fraction of sp³-hybridized carbons (Fsp3) is 0.818. The summed E-state index contributed by atoms with van der Waals surface area (Å²) < 4.78 is 8.35. The van der Waals surface area contributed by atoms with Crippen molar-refractivity contribution in [2.24, 2.45) is 62.1 Å². The molecule has 2 unspecified atom stereocenters. The molecule has 5 aliphatic carbocycles. The Morgan fingerprint density at radius 2 is 1.69 bits per heavy atom. The van der Waals surface area contributed by atoms with Gasteiger partial charge in [-0.2, -0.15) is 0 Å². The number of ether oxygens (including phenoxy) is 1. The molecule has 0 aromatic carbocycles. The average Bonchev–Trinajstić information content (AvgIpc) is 3.69. The number of fused-ring (bicyclic) bond motifs is 7. The van der Waals surface area contributed by atoms with Crippen molar-refractivity contribution in [2.75, 3.05) is 6.54 Å². The van der Waals surface area contributed by atoms with Crippen LogP contribution in [0, 0.1) is 62.1 Å². The molecule has 5 aliphatic rings. The number of carboxylic acid groups (broad SMARTS) is 1. The molecule has 10 atom stereocenters. The lowest BCUT2D eigenvalue weighted by Crippen LogP contribution is -2.67. The number of hydrogen-bond acceptors (Lipinski definition) is 5. The monoisotopic (exact) mass is 720 g/mol. The summed E-state index contributed by atoms with van der Waals surface area (Å²) in [6.07, 6.45) is 18.4. The number of aryl methyl sites for hydroxylation is 1. The highest BCUT2D eigenvalue weighted by Crippen LogP contribution is 2.78. The van der Waals surface area contributed by atoms with Crippen molar-refractivity contribution in [3.05, 3.63) is 30.9 Å². The maximum Gasteiger partial charge on any atom is 0.306 e. The number of carbonyl (C=O) groups is 3. The van der Waals surface area contributed by atoms with E-state index < -0.39 is 11.4 Å². The number of amides is 1. The van der Waals surface area contributed by atoms with Crippen LogP contribution in [-0.2, 0) is 25.7 Å². The molecule has 0 bridgehead atoms. The van der Waals surface area contributed by atoms with Gasteiger partial charge < -0.3 is 19.7 Å². The third kappa shape index (κ3) is 6.69. The van der Waals surface area contributed by atoms with Crippen molar-refractivity contribution in [2.45, 2.75) is 158 Å². The molecule has 0 saturated heterocycles. The van der Waals surface area contributed by atoms with E-state index in [4.69, 9.17) is 4.74 Å². The van der Waals surface area contributed by atoms with E-state index in [9.17, 15) is 19.5 Å². The van der Waals surface area contributed by atoms with Gasteiger partial charge in [0.05, 0.1) is 19.2 Å². The first-order valence-corrected chi connectivity index (χ1v) is 20.6. The number of esters is 1. The molecule has 8 nitrogen and oxygen atoms in total. The zero-order chi connectivity index (χ0) is 37.9. The minimum atomic E-state index is -0.884. The molecular formula is C44H69N3O5. The number of carbonyl (C=O) groups excluding carboxylic acids is 2. The third-order valence-electron chi connectivity index (χ3n) is 16.7. The van der Waals surface area contributed by atoms with E-state index in [1.807, 2.05) is 26.4 Å². The molecular weight excluding hydrogens is 651 g/mol. The van der Waals surface area contributed by atoms with Crippen molar-refractivity contribution in [3.8, 4) is 0 Å². The van der Waals surface area contributed by atoms with E-state index in [0.717, 1.165) is 51.5 Å². The van der Waals surface area contributed by atoms with E-state index in [1.165, 1.54) is 31.3 Å². The van der Waals surface area contributed by atoms with Gasteiger partial charge in [-0.05, 0) is 134 Å². The second-order valence-corrected chi connectivity index (χ2v) is 20.5. The molecule has 0 spiro atoms. The summed E-state index contributed by atoms with van der Waals surface area (Å²) in [5, 5.41) is 12.7. The number of rotatable bonds is 12. The second-order valence-electron chi connectivity index (χ2n) is 20.5. The van der Waals surface area contributed by atoms with Gasteiger partial charge in [-0.25, -0.2) is 4.98 Å². The summed E-state index contributed by atoms with van der Waals surface area (Å²) in [5.41, 5.74) is 1.11. The lowest BCUT2D eigenvalue weighted by molar-refractivity contribution is -0.250. The maximum absolute atomic E-state index is 13.7. The molecule has 1 aromatic rings. The Labute approximate surface area is 313 Å². The molecule has 2 N–H and O–H groups in total. The molecule has 8 heteroatoms. The van der Waals surface area contributed by atoms with Gasteiger partial charge in [0.15, 0.2) is 0 Å². The average molecular weight is 720 g/mol. The molecule has 1 heterocycles. The number of carboxylic acids is 1. The molecule has 52 heavy (non-hydrogen) atoms. The van der Waals surface area contributed by atoms with Gasteiger partial charge in [0, 0.05) is 37.3 Å². The van der Waals surface area contributed by atoms with Crippen molar-refractivity contribution >= 4 is 17.8 Å². The Bertz CT molecular complexity index is 1520. The number of hydrogen-bond donors (Lipinski definition) is 2. The number of nitrogens with zero attached hydrogens (tertiary/aromatic N) is 2. The third-order valence-corrected chi connectivity index (χ3v) is 16.7. The topological polar surface area (TPSA) is 111 Å². The van der Waals surface area contributed by atoms with E-state index in [1.54, 1.807) is 6.20 Å². The van der Waals surface area contributed by atoms with Crippen LogP contribution in [0.3, 0.4) is 0 Å². The molecule has 0 radical (unpaired) electrons. The predicted octanol–water partition coefficient (Wildman–Crippen LogP) is 9.24. The molecule has 0 aliphatic heterocycles. The highest BCUT2D eigenvalue weighted by Gasteiger charge is 2.71. The van der Waals surface area contributed by atoms with E-state index in [0.29, 0.717) is 42.6 Å². The van der Waals surface area contributed by atoms with E-state index in [-0.39, 0.29) is 57.9 Å². The summed E-state index contributed by atoms with van der Waals surface area (Å²) in [4.78, 5) is 42.4.